The van der Waals surface area contributed by atoms with Gasteiger partial charge in [0.2, 0.25) is 5.78 Å². The minimum atomic E-state index is -0.684. The summed E-state index contributed by atoms with van der Waals surface area (Å²) in [6.07, 6.45) is 3.63. The minimum Gasteiger partial charge on any atom is -0.468 e. The average molecular weight is 379 g/mol. The van der Waals surface area contributed by atoms with Crippen molar-refractivity contribution in [1.82, 2.24) is 10.2 Å². The fourth-order valence-corrected chi connectivity index (χ4v) is 3.26. The van der Waals surface area contributed by atoms with E-state index in [-0.39, 0.29) is 24.0 Å². The molecule has 5 nitrogen and oxygen atoms in total. The van der Waals surface area contributed by atoms with E-state index in [0.29, 0.717) is 5.56 Å². The lowest BCUT2D eigenvalue weighted by Crippen LogP contribution is -2.39. The highest BCUT2D eigenvalue weighted by Crippen LogP contribution is 2.24. The van der Waals surface area contributed by atoms with Crippen LogP contribution in [0.4, 0.5) is 4.39 Å². The molecule has 1 atom stereocenters. The molecule has 1 aliphatic rings. The van der Waals surface area contributed by atoms with Crippen LogP contribution in [-0.4, -0.2) is 36.2 Å². The summed E-state index contributed by atoms with van der Waals surface area (Å²) in [5, 5.41) is 2.67. The molecule has 1 N–H and O–H groups in total. The van der Waals surface area contributed by atoms with Gasteiger partial charge in [0.25, 0.3) is 5.91 Å². The van der Waals surface area contributed by atoms with Gasteiger partial charge in [0.15, 0.2) is 0 Å². The van der Waals surface area contributed by atoms with Crippen molar-refractivity contribution >= 4 is 23.3 Å². The van der Waals surface area contributed by atoms with E-state index < -0.39 is 17.5 Å². The van der Waals surface area contributed by atoms with Crippen LogP contribution in [0.25, 0.3) is 0 Å². The Morgan fingerprint density at radius 3 is 2.69 bits per heavy atom. The number of likely N-dealkylation sites (tertiary alicyclic amines) is 1. The molecule has 0 bridgehead atoms. The van der Waals surface area contributed by atoms with Crippen molar-refractivity contribution in [3.8, 4) is 0 Å². The predicted octanol–water partition coefficient (Wildman–Crippen LogP) is 3.14. The summed E-state index contributed by atoms with van der Waals surface area (Å²) in [6, 6.07) is 7.65. The highest BCUT2D eigenvalue weighted by Gasteiger charge is 2.26. The number of amides is 1. The highest BCUT2D eigenvalue weighted by atomic mass is 35.5. The topological polar surface area (TPSA) is 62.6 Å². The maximum Gasteiger partial charge on any atom is 0.287 e. The number of benzene rings is 1. The van der Waals surface area contributed by atoms with E-state index >= 15 is 0 Å². The van der Waals surface area contributed by atoms with Crippen LogP contribution in [0, 0.1) is 5.82 Å². The van der Waals surface area contributed by atoms with Crippen LogP contribution in [0.3, 0.4) is 0 Å². The first-order chi connectivity index (χ1) is 12.5. The molecule has 0 aliphatic carbocycles. The van der Waals surface area contributed by atoms with Gasteiger partial charge >= 0.3 is 0 Å². The zero-order chi connectivity index (χ0) is 18.5. The smallest absolute Gasteiger partial charge is 0.287 e. The fourth-order valence-electron chi connectivity index (χ4n) is 3.15. The number of hydrogen-bond acceptors (Lipinski definition) is 4. The Hall–Kier alpha value is -2.18. The Labute approximate surface area is 156 Å². The lowest BCUT2D eigenvalue weighted by atomic mass is 10.1. The Morgan fingerprint density at radius 1 is 1.27 bits per heavy atom. The van der Waals surface area contributed by atoms with E-state index in [0.717, 1.165) is 31.7 Å². The molecule has 1 aromatic carbocycles. The lowest BCUT2D eigenvalue weighted by Gasteiger charge is -2.25. The Balaban J connectivity index is 1.58. The maximum atomic E-state index is 13.5. The molecule has 1 aliphatic heterocycles. The molecule has 138 valence electrons. The van der Waals surface area contributed by atoms with Gasteiger partial charge in [-0.3, -0.25) is 14.5 Å². The van der Waals surface area contributed by atoms with Crippen molar-refractivity contribution in [2.75, 3.05) is 19.6 Å². The maximum absolute atomic E-state index is 13.5. The molecular weight excluding hydrogens is 359 g/mol. The zero-order valence-corrected chi connectivity index (χ0v) is 15.0. The Kier molecular flexibility index (Phi) is 6.06. The number of halogens is 2. The van der Waals surface area contributed by atoms with Crippen molar-refractivity contribution in [3.05, 3.63) is 58.8 Å². The molecule has 2 heterocycles. The molecular formula is C19H20ClFN2O3. The van der Waals surface area contributed by atoms with Gasteiger partial charge in [-0.2, -0.15) is 0 Å². The summed E-state index contributed by atoms with van der Waals surface area (Å²) in [6.45, 7) is 2.14. The monoisotopic (exact) mass is 378 g/mol. The third-order valence-electron chi connectivity index (χ3n) is 4.51. The molecule has 1 aromatic heterocycles. The van der Waals surface area contributed by atoms with Crippen molar-refractivity contribution in [2.24, 2.45) is 0 Å². The number of nitrogens with one attached hydrogen (secondary N) is 1. The molecule has 0 saturated carbocycles. The van der Waals surface area contributed by atoms with Crippen molar-refractivity contribution in [2.45, 2.75) is 25.3 Å². The summed E-state index contributed by atoms with van der Waals surface area (Å²) in [5.74, 6) is -1.15. The number of Topliss-reactive ketones (excluding diaryl/α,β-unsaturated/α-hetero) is 1. The first-order valence-corrected chi connectivity index (χ1v) is 8.95. The Bertz CT molecular complexity index is 773. The van der Waals surface area contributed by atoms with Crippen LogP contribution >= 0.6 is 11.6 Å². The van der Waals surface area contributed by atoms with Gasteiger partial charge < -0.3 is 9.73 Å². The van der Waals surface area contributed by atoms with Crippen LogP contribution < -0.4 is 5.32 Å². The van der Waals surface area contributed by atoms with Gasteiger partial charge in [-0.05, 0) is 55.8 Å². The largest absolute Gasteiger partial charge is 0.468 e. The standard InChI is InChI=1S/C19H20ClFN2O3/c20-14-6-5-13(10-15(14)21)11-17(24)19(25)22-12-16(18-4-3-9-26-18)23-7-1-2-8-23/h3-6,9-10,16H,1-2,7-8,11-12H2,(H,22,25). The normalized spacial score (nSPS) is 15.8. The van der Waals surface area contributed by atoms with Crippen LogP contribution in [0.5, 0.6) is 0 Å². The minimum absolute atomic E-state index is 0.0162. The number of nitrogens with zero attached hydrogens (tertiary/aromatic N) is 1. The third kappa shape index (κ3) is 4.51. The van der Waals surface area contributed by atoms with Crippen molar-refractivity contribution in [3.63, 3.8) is 0 Å². The van der Waals surface area contributed by atoms with Gasteiger partial charge in [-0.15, -0.1) is 0 Å². The van der Waals surface area contributed by atoms with Crippen LogP contribution in [0.1, 0.15) is 30.2 Å². The number of ketones is 1. The summed E-state index contributed by atoms with van der Waals surface area (Å²) >= 11 is 5.62. The molecule has 1 fully saturated rings. The number of rotatable bonds is 7. The number of carbonyl (C=O) groups excluding carboxylic acids is 2. The van der Waals surface area contributed by atoms with E-state index in [1.165, 1.54) is 18.2 Å². The average Bonchev–Trinajstić information content (AvgIpc) is 3.32. The number of carbonyl (C=O) groups is 2. The lowest BCUT2D eigenvalue weighted by molar-refractivity contribution is -0.137. The Morgan fingerprint density at radius 2 is 2.04 bits per heavy atom. The second kappa shape index (κ2) is 8.47. The molecule has 26 heavy (non-hydrogen) atoms. The van der Waals surface area contributed by atoms with E-state index in [9.17, 15) is 14.0 Å². The fraction of sp³-hybridized carbons (Fsp3) is 0.368. The first kappa shape index (κ1) is 18.6. The molecule has 1 unspecified atom stereocenters. The van der Waals surface area contributed by atoms with Gasteiger partial charge in [0, 0.05) is 13.0 Å². The predicted molar refractivity (Wildman–Crippen MR) is 95.4 cm³/mol. The highest BCUT2D eigenvalue weighted by molar-refractivity contribution is 6.36. The molecule has 0 radical (unpaired) electrons. The quantitative estimate of drug-likeness (QED) is 0.752. The second-order valence-electron chi connectivity index (χ2n) is 6.33. The van der Waals surface area contributed by atoms with E-state index in [1.54, 1.807) is 12.3 Å². The summed E-state index contributed by atoms with van der Waals surface area (Å²) in [5.41, 5.74) is 0.411. The molecule has 7 heteroatoms. The van der Waals surface area contributed by atoms with Crippen LogP contribution in [-0.2, 0) is 16.0 Å². The van der Waals surface area contributed by atoms with E-state index in [2.05, 4.69) is 10.2 Å². The third-order valence-corrected chi connectivity index (χ3v) is 4.82. The zero-order valence-electron chi connectivity index (χ0n) is 14.2. The second-order valence-corrected chi connectivity index (χ2v) is 6.74. The van der Waals surface area contributed by atoms with E-state index in [4.69, 9.17) is 16.0 Å². The van der Waals surface area contributed by atoms with Gasteiger partial charge in [-0.1, -0.05) is 17.7 Å². The molecule has 3 rings (SSSR count). The molecule has 1 saturated heterocycles. The van der Waals surface area contributed by atoms with Gasteiger partial charge in [0.05, 0.1) is 17.3 Å². The first-order valence-electron chi connectivity index (χ1n) is 8.57. The van der Waals surface area contributed by atoms with Gasteiger partial charge in [0.1, 0.15) is 11.6 Å². The summed E-state index contributed by atoms with van der Waals surface area (Å²) < 4.78 is 18.9. The SMILES string of the molecule is O=C(Cc1ccc(Cl)c(F)c1)C(=O)NCC(c1ccco1)N1CCCC1. The van der Waals surface area contributed by atoms with Crippen LogP contribution in [0.15, 0.2) is 41.0 Å². The van der Waals surface area contributed by atoms with E-state index in [1.807, 2.05) is 6.07 Å². The number of furan rings is 1. The molecule has 1 amide bonds. The van der Waals surface area contributed by atoms with Gasteiger partial charge in [-0.25, -0.2) is 4.39 Å². The number of hydrogen-bond donors (Lipinski definition) is 1. The van der Waals surface area contributed by atoms with Crippen LogP contribution in [0.2, 0.25) is 5.02 Å². The van der Waals surface area contributed by atoms with Crippen molar-refractivity contribution < 1.29 is 18.4 Å². The summed E-state index contributed by atoms with van der Waals surface area (Å²) in [7, 11) is 0. The molecule has 2 aromatic rings. The molecule has 0 spiro atoms. The van der Waals surface area contributed by atoms with Crippen molar-refractivity contribution in [1.29, 1.82) is 0 Å². The summed E-state index contributed by atoms with van der Waals surface area (Å²) in [4.78, 5) is 26.5.